The molecule has 0 spiro atoms. The maximum absolute atomic E-state index is 13.2. The number of halogens is 1. The Kier molecular flexibility index (Phi) is 4.45. The van der Waals surface area contributed by atoms with Gasteiger partial charge in [-0.25, -0.2) is 4.39 Å². The molecule has 1 aromatic carbocycles. The van der Waals surface area contributed by atoms with Crippen LogP contribution in [-0.4, -0.2) is 37.5 Å². The Morgan fingerprint density at radius 1 is 1.53 bits per heavy atom. The molecule has 0 aliphatic carbocycles. The van der Waals surface area contributed by atoms with E-state index in [0.717, 1.165) is 0 Å². The average molecular weight is 239 g/mol. The third-order valence-corrected chi connectivity index (χ3v) is 2.31. The molecular formula is C12H18FN3O. The van der Waals surface area contributed by atoms with Gasteiger partial charge < -0.3 is 16.0 Å². The van der Waals surface area contributed by atoms with Crippen molar-refractivity contribution in [3.05, 3.63) is 29.6 Å². The normalized spacial score (nSPS) is 12.5. The highest BCUT2D eigenvalue weighted by molar-refractivity contribution is 5.99. The van der Waals surface area contributed by atoms with E-state index in [1.54, 1.807) is 0 Å². The molecule has 0 bridgehead atoms. The van der Waals surface area contributed by atoms with Crippen LogP contribution < -0.4 is 11.1 Å². The van der Waals surface area contributed by atoms with Crippen molar-refractivity contribution in [3.8, 4) is 0 Å². The predicted octanol–water partition coefficient (Wildman–Crippen LogP) is 1.09. The fourth-order valence-corrected chi connectivity index (χ4v) is 1.63. The third-order valence-electron chi connectivity index (χ3n) is 2.31. The summed E-state index contributed by atoms with van der Waals surface area (Å²) in [4.78, 5) is 13.8. The van der Waals surface area contributed by atoms with Gasteiger partial charge in [0.15, 0.2) is 0 Å². The molecule has 0 aromatic heterocycles. The summed E-state index contributed by atoms with van der Waals surface area (Å²) in [5, 5.41) is 2.77. The van der Waals surface area contributed by atoms with Gasteiger partial charge in [0.1, 0.15) is 5.82 Å². The van der Waals surface area contributed by atoms with Crippen LogP contribution in [0.5, 0.6) is 0 Å². The molecule has 0 aliphatic rings. The number of carbonyl (C=O) groups excluding carboxylic acids is 1. The van der Waals surface area contributed by atoms with Gasteiger partial charge in [0.25, 0.3) is 5.91 Å². The number of para-hydroxylation sites is 1. The molecule has 1 amide bonds. The summed E-state index contributed by atoms with van der Waals surface area (Å²) >= 11 is 0. The predicted molar refractivity (Wildman–Crippen MR) is 66.3 cm³/mol. The Morgan fingerprint density at radius 3 is 2.76 bits per heavy atom. The molecule has 0 saturated heterocycles. The highest BCUT2D eigenvalue weighted by Crippen LogP contribution is 2.15. The van der Waals surface area contributed by atoms with Gasteiger partial charge in [-0.2, -0.15) is 0 Å². The molecule has 0 radical (unpaired) electrons. The van der Waals surface area contributed by atoms with Crippen molar-refractivity contribution in [1.82, 2.24) is 10.2 Å². The summed E-state index contributed by atoms with van der Waals surface area (Å²) in [6.45, 7) is 2.59. The maximum atomic E-state index is 13.2. The Bertz CT molecular complexity index is 407. The largest absolute Gasteiger partial charge is 0.396 e. The summed E-state index contributed by atoms with van der Waals surface area (Å²) in [6.07, 6.45) is 0. The molecule has 3 N–H and O–H groups in total. The van der Waals surface area contributed by atoms with E-state index in [-0.39, 0.29) is 23.2 Å². The van der Waals surface area contributed by atoms with E-state index >= 15 is 0 Å². The van der Waals surface area contributed by atoms with E-state index in [2.05, 4.69) is 5.32 Å². The second kappa shape index (κ2) is 5.63. The number of nitrogens with two attached hydrogens (primary N) is 1. The van der Waals surface area contributed by atoms with Crippen LogP contribution in [0, 0.1) is 5.82 Å². The third kappa shape index (κ3) is 3.71. The van der Waals surface area contributed by atoms with Gasteiger partial charge in [-0.15, -0.1) is 0 Å². The van der Waals surface area contributed by atoms with Crippen LogP contribution in [0.15, 0.2) is 18.2 Å². The fraction of sp³-hybridized carbons (Fsp3) is 0.417. The molecule has 1 unspecified atom stereocenters. The Morgan fingerprint density at radius 2 is 2.18 bits per heavy atom. The van der Waals surface area contributed by atoms with Crippen molar-refractivity contribution in [2.24, 2.45) is 0 Å². The van der Waals surface area contributed by atoms with Gasteiger partial charge in [-0.1, -0.05) is 6.07 Å². The minimum atomic E-state index is -0.571. The quantitative estimate of drug-likeness (QED) is 0.773. The van der Waals surface area contributed by atoms with Crippen LogP contribution >= 0.6 is 0 Å². The number of nitrogen functional groups attached to an aromatic ring is 1. The van der Waals surface area contributed by atoms with Crippen molar-refractivity contribution < 1.29 is 9.18 Å². The second-order valence-corrected chi connectivity index (χ2v) is 4.34. The van der Waals surface area contributed by atoms with E-state index in [1.165, 1.54) is 18.2 Å². The van der Waals surface area contributed by atoms with E-state index in [1.807, 2.05) is 25.9 Å². The maximum Gasteiger partial charge on any atom is 0.253 e. The molecule has 1 atom stereocenters. The average Bonchev–Trinajstić information content (AvgIpc) is 2.20. The van der Waals surface area contributed by atoms with Crippen LogP contribution in [0.25, 0.3) is 0 Å². The SMILES string of the molecule is CC(CN(C)C)NC(=O)c1cccc(F)c1N. The summed E-state index contributed by atoms with van der Waals surface area (Å²) in [5.74, 6) is -0.922. The summed E-state index contributed by atoms with van der Waals surface area (Å²) in [7, 11) is 3.83. The topological polar surface area (TPSA) is 58.4 Å². The lowest BCUT2D eigenvalue weighted by atomic mass is 10.1. The lowest BCUT2D eigenvalue weighted by Crippen LogP contribution is -2.39. The smallest absolute Gasteiger partial charge is 0.253 e. The zero-order valence-corrected chi connectivity index (χ0v) is 10.3. The molecule has 17 heavy (non-hydrogen) atoms. The van der Waals surface area contributed by atoms with Gasteiger partial charge in [-0.05, 0) is 33.2 Å². The van der Waals surface area contributed by atoms with Gasteiger partial charge in [0.2, 0.25) is 0 Å². The van der Waals surface area contributed by atoms with E-state index < -0.39 is 5.82 Å². The zero-order valence-electron chi connectivity index (χ0n) is 10.3. The molecule has 94 valence electrons. The van der Waals surface area contributed by atoms with Crippen molar-refractivity contribution in [2.45, 2.75) is 13.0 Å². The van der Waals surface area contributed by atoms with Crippen molar-refractivity contribution in [2.75, 3.05) is 26.4 Å². The standard InChI is InChI=1S/C12H18FN3O/c1-8(7-16(2)3)15-12(17)9-5-4-6-10(13)11(9)14/h4-6,8H,7,14H2,1-3H3,(H,15,17). The van der Waals surface area contributed by atoms with Crippen LogP contribution in [0.1, 0.15) is 17.3 Å². The molecule has 0 saturated carbocycles. The number of nitrogens with zero attached hydrogens (tertiary/aromatic N) is 1. The monoisotopic (exact) mass is 239 g/mol. The summed E-state index contributed by atoms with van der Waals surface area (Å²) < 4.78 is 13.2. The van der Waals surface area contributed by atoms with E-state index in [9.17, 15) is 9.18 Å². The number of benzene rings is 1. The van der Waals surface area contributed by atoms with Gasteiger partial charge in [0, 0.05) is 12.6 Å². The molecule has 1 rings (SSSR count). The molecule has 4 nitrogen and oxygen atoms in total. The van der Waals surface area contributed by atoms with Crippen LogP contribution in [0.3, 0.4) is 0 Å². The summed E-state index contributed by atoms with van der Waals surface area (Å²) in [6, 6.07) is 4.18. The van der Waals surface area contributed by atoms with E-state index in [4.69, 9.17) is 5.73 Å². The number of hydrogen-bond acceptors (Lipinski definition) is 3. The van der Waals surface area contributed by atoms with Crippen LogP contribution in [0.4, 0.5) is 10.1 Å². The number of likely N-dealkylation sites (N-methyl/N-ethyl adjacent to an activating group) is 1. The number of rotatable bonds is 4. The molecule has 5 heteroatoms. The Balaban J connectivity index is 2.73. The first-order valence-electron chi connectivity index (χ1n) is 5.41. The lowest BCUT2D eigenvalue weighted by molar-refractivity contribution is 0.0935. The zero-order chi connectivity index (χ0) is 13.0. The second-order valence-electron chi connectivity index (χ2n) is 4.34. The molecule has 0 fully saturated rings. The number of carbonyl (C=O) groups is 1. The summed E-state index contributed by atoms with van der Waals surface area (Å²) in [5.41, 5.74) is 5.58. The Hall–Kier alpha value is -1.62. The molecule has 0 aliphatic heterocycles. The highest BCUT2D eigenvalue weighted by Gasteiger charge is 2.14. The van der Waals surface area contributed by atoms with Gasteiger partial charge in [-0.3, -0.25) is 4.79 Å². The highest BCUT2D eigenvalue weighted by atomic mass is 19.1. The van der Waals surface area contributed by atoms with Gasteiger partial charge in [0.05, 0.1) is 11.3 Å². The Labute approximate surface area is 101 Å². The first-order chi connectivity index (χ1) is 7.91. The first kappa shape index (κ1) is 13.4. The van der Waals surface area contributed by atoms with Gasteiger partial charge >= 0.3 is 0 Å². The van der Waals surface area contributed by atoms with Crippen molar-refractivity contribution in [3.63, 3.8) is 0 Å². The minimum absolute atomic E-state index is 0.0276. The number of nitrogens with one attached hydrogen (secondary N) is 1. The van der Waals surface area contributed by atoms with Crippen molar-refractivity contribution >= 4 is 11.6 Å². The molecule has 1 aromatic rings. The van der Waals surface area contributed by atoms with E-state index in [0.29, 0.717) is 6.54 Å². The first-order valence-corrected chi connectivity index (χ1v) is 5.41. The van der Waals surface area contributed by atoms with Crippen LogP contribution in [0.2, 0.25) is 0 Å². The minimum Gasteiger partial charge on any atom is -0.396 e. The number of amides is 1. The van der Waals surface area contributed by atoms with Crippen molar-refractivity contribution in [1.29, 1.82) is 0 Å². The number of hydrogen-bond donors (Lipinski definition) is 2. The lowest BCUT2D eigenvalue weighted by Gasteiger charge is -2.18. The number of anilines is 1. The van der Waals surface area contributed by atoms with Crippen LogP contribution in [-0.2, 0) is 0 Å². The molecule has 0 heterocycles. The fourth-order valence-electron chi connectivity index (χ4n) is 1.63. The molecular weight excluding hydrogens is 221 g/mol.